The molecule has 5 heteroatoms. The Morgan fingerprint density at radius 1 is 0.906 bits per heavy atom. The summed E-state index contributed by atoms with van der Waals surface area (Å²) in [6, 6.07) is 24.1. The van der Waals surface area contributed by atoms with Crippen LogP contribution in [0.3, 0.4) is 0 Å². The van der Waals surface area contributed by atoms with E-state index in [1.807, 2.05) is 66.9 Å². The van der Waals surface area contributed by atoms with Gasteiger partial charge in [-0.2, -0.15) is 0 Å². The van der Waals surface area contributed by atoms with Gasteiger partial charge in [0.25, 0.3) is 0 Å². The van der Waals surface area contributed by atoms with E-state index in [4.69, 9.17) is 9.47 Å². The normalized spacial score (nSPS) is 11.8. The molecule has 0 spiro atoms. The van der Waals surface area contributed by atoms with Gasteiger partial charge in [0, 0.05) is 41.5 Å². The summed E-state index contributed by atoms with van der Waals surface area (Å²) < 4.78 is 11.2. The van der Waals surface area contributed by atoms with E-state index in [2.05, 4.69) is 22.4 Å². The van der Waals surface area contributed by atoms with E-state index < -0.39 is 0 Å². The molecule has 0 aliphatic heterocycles. The summed E-state index contributed by atoms with van der Waals surface area (Å²) >= 11 is 0. The molecule has 1 aromatic heterocycles. The highest BCUT2D eigenvalue weighted by atomic mass is 16.5. The maximum atomic E-state index is 12.7. The van der Waals surface area contributed by atoms with Crippen molar-refractivity contribution in [3.8, 4) is 11.5 Å². The van der Waals surface area contributed by atoms with Gasteiger partial charge in [-0.25, -0.2) is 0 Å². The Kier molecular flexibility index (Phi) is 6.75. The number of aromatic amines is 1. The third-order valence-electron chi connectivity index (χ3n) is 5.79. The first kappa shape index (κ1) is 21.5. The number of ether oxygens (including phenoxy) is 2. The molecule has 0 bridgehead atoms. The van der Waals surface area contributed by atoms with Gasteiger partial charge in [-0.15, -0.1) is 0 Å². The Morgan fingerprint density at radius 2 is 1.69 bits per heavy atom. The van der Waals surface area contributed by atoms with Crippen LogP contribution in [-0.4, -0.2) is 31.7 Å². The van der Waals surface area contributed by atoms with Gasteiger partial charge in [-0.05, 0) is 29.7 Å². The molecule has 1 atom stereocenters. The van der Waals surface area contributed by atoms with Gasteiger partial charge in [0.15, 0.2) is 11.5 Å². The minimum absolute atomic E-state index is 0.0283. The number of aryl methyl sites for hydroxylation is 1. The molecule has 2 N–H and O–H groups in total. The molecule has 4 rings (SSSR count). The average molecular weight is 429 g/mol. The Labute approximate surface area is 188 Å². The van der Waals surface area contributed by atoms with E-state index in [9.17, 15) is 4.79 Å². The zero-order valence-electron chi connectivity index (χ0n) is 18.4. The fourth-order valence-electron chi connectivity index (χ4n) is 4.16. The molecule has 0 fully saturated rings. The molecule has 0 aliphatic rings. The van der Waals surface area contributed by atoms with Crippen molar-refractivity contribution in [2.75, 3.05) is 20.8 Å². The third-order valence-corrected chi connectivity index (χ3v) is 5.79. The molecule has 0 aliphatic carbocycles. The first-order valence-corrected chi connectivity index (χ1v) is 10.8. The number of methoxy groups -OCH3 is 2. The quantitative estimate of drug-likeness (QED) is 0.391. The van der Waals surface area contributed by atoms with Gasteiger partial charge in [-0.3, -0.25) is 4.79 Å². The van der Waals surface area contributed by atoms with Crippen molar-refractivity contribution >= 4 is 16.8 Å². The molecule has 32 heavy (non-hydrogen) atoms. The summed E-state index contributed by atoms with van der Waals surface area (Å²) in [5.41, 5.74) is 4.30. The molecular formula is C27H28N2O3. The van der Waals surface area contributed by atoms with Crippen molar-refractivity contribution in [2.24, 2.45) is 0 Å². The van der Waals surface area contributed by atoms with Crippen LogP contribution >= 0.6 is 0 Å². The van der Waals surface area contributed by atoms with Crippen molar-refractivity contribution in [1.29, 1.82) is 0 Å². The lowest BCUT2D eigenvalue weighted by molar-refractivity contribution is -0.121. The van der Waals surface area contributed by atoms with Crippen LogP contribution in [0.15, 0.2) is 79.0 Å². The standard InChI is InChI=1S/C27H28N2O3/c1-31-25-14-8-12-21(27(25)32-2)23(22-17-28-24-13-7-6-11-20(22)24)18-29-26(30)16-15-19-9-4-3-5-10-19/h3-14,17,23,28H,15-16,18H2,1-2H3,(H,29,30)/t23-/m1/s1. The lowest BCUT2D eigenvalue weighted by atomic mass is 9.89. The molecule has 1 amide bonds. The minimum atomic E-state index is -0.100. The number of fused-ring (bicyclic) bond motifs is 1. The number of carbonyl (C=O) groups is 1. The molecule has 0 saturated heterocycles. The number of aromatic nitrogens is 1. The van der Waals surface area contributed by atoms with Crippen LogP contribution in [0.1, 0.15) is 29.0 Å². The summed E-state index contributed by atoms with van der Waals surface area (Å²) in [6.07, 6.45) is 3.18. The average Bonchev–Trinajstić information content (AvgIpc) is 3.27. The van der Waals surface area contributed by atoms with Crippen LogP contribution in [0.5, 0.6) is 11.5 Å². The molecule has 0 radical (unpaired) electrons. The molecule has 164 valence electrons. The molecular weight excluding hydrogens is 400 g/mol. The predicted molar refractivity (Wildman–Crippen MR) is 127 cm³/mol. The van der Waals surface area contributed by atoms with Crippen LogP contribution in [-0.2, 0) is 11.2 Å². The van der Waals surface area contributed by atoms with Crippen LogP contribution in [0, 0.1) is 0 Å². The summed E-state index contributed by atoms with van der Waals surface area (Å²) in [4.78, 5) is 16.0. The van der Waals surface area contributed by atoms with Crippen LogP contribution in [0.4, 0.5) is 0 Å². The fraction of sp³-hybridized carbons (Fsp3) is 0.222. The lowest BCUT2D eigenvalue weighted by Crippen LogP contribution is -2.29. The minimum Gasteiger partial charge on any atom is -0.493 e. The van der Waals surface area contributed by atoms with Crippen molar-refractivity contribution in [1.82, 2.24) is 10.3 Å². The molecule has 0 saturated carbocycles. The third kappa shape index (κ3) is 4.62. The van der Waals surface area contributed by atoms with Crippen LogP contribution in [0.25, 0.3) is 10.9 Å². The zero-order valence-corrected chi connectivity index (χ0v) is 18.4. The molecule has 4 aromatic rings. The number of amides is 1. The molecule has 5 nitrogen and oxygen atoms in total. The van der Waals surface area contributed by atoms with Crippen molar-refractivity contribution in [2.45, 2.75) is 18.8 Å². The van der Waals surface area contributed by atoms with Gasteiger partial charge in [0.05, 0.1) is 14.2 Å². The Hall–Kier alpha value is -3.73. The second kappa shape index (κ2) is 10.1. The van der Waals surface area contributed by atoms with Gasteiger partial charge in [0.2, 0.25) is 5.91 Å². The van der Waals surface area contributed by atoms with Gasteiger partial charge >= 0.3 is 0 Å². The maximum Gasteiger partial charge on any atom is 0.220 e. The fourth-order valence-corrected chi connectivity index (χ4v) is 4.16. The number of para-hydroxylation sites is 2. The van der Waals surface area contributed by atoms with Crippen molar-refractivity contribution in [3.05, 3.63) is 95.7 Å². The second-order valence-electron chi connectivity index (χ2n) is 7.71. The SMILES string of the molecule is COc1cccc([C@@H](CNC(=O)CCc2ccccc2)c2c[nH]c3ccccc23)c1OC. The molecule has 1 heterocycles. The monoisotopic (exact) mass is 428 g/mol. The Bertz CT molecular complexity index is 1180. The number of rotatable bonds is 9. The first-order chi connectivity index (χ1) is 15.7. The lowest BCUT2D eigenvalue weighted by Gasteiger charge is -2.22. The topological polar surface area (TPSA) is 63.3 Å². The smallest absolute Gasteiger partial charge is 0.220 e. The zero-order chi connectivity index (χ0) is 22.3. The Morgan fingerprint density at radius 3 is 2.47 bits per heavy atom. The number of H-pyrrole nitrogens is 1. The van der Waals surface area contributed by atoms with Gasteiger partial charge < -0.3 is 19.8 Å². The summed E-state index contributed by atoms with van der Waals surface area (Å²) in [5, 5.41) is 4.27. The number of carbonyl (C=O) groups excluding carboxylic acids is 1. The summed E-state index contributed by atoms with van der Waals surface area (Å²) in [6.45, 7) is 0.457. The highest BCUT2D eigenvalue weighted by Crippen LogP contribution is 2.40. The largest absolute Gasteiger partial charge is 0.493 e. The van der Waals surface area contributed by atoms with Crippen molar-refractivity contribution < 1.29 is 14.3 Å². The molecule has 3 aromatic carbocycles. The maximum absolute atomic E-state index is 12.7. The van der Waals surface area contributed by atoms with E-state index in [1.54, 1.807) is 14.2 Å². The summed E-state index contributed by atoms with van der Waals surface area (Å²) in [7, 11) is 3.28. The van der Waals surface area contributed by atoms with Gasteiger partial charge in [-0.1, -0.05) is 60.7 Å². The Balaban J connectivity index is 1.61. The second-order valence-corrected chi connectivity index (χ2v) is 7.71. The van der Waals surface area contributed by atoms with Crippen LogP contribution < -0.4 is 14.8 Å². The summed E-state index contributed by atoms with van der Waals surface area (Å²) in [5.74, 6) is 1.28. The highest BCUT2D eigenvalue weighted by Gasteiger charge is 2.24. The van der Waals surface area contributed by atoms with E-state index in [-0.39, 0.29) is 11.8 Å². The van der Waals surface area contributed by atoms with E-state index >= 15 is 0 Å². The van der Waals surface area contributed by atoms with Crippen molar-refractivity contribution in [3.63, 3.8) is 0 Å². The van der Waals surface area contributed by atoms with E-state index in [1.165, 1.54) is 0 Å². The van der Waals surface area contributed by atoms with E-state index in [0.29, 0.717) is 30.9 Å². The number of benzene rings is 3. The number of hydrogen-bond acceptors (Lipinski definition) is 3. The van der Waals surface area contributed by atoms with Gasteiger partial charge in [0.1, 0.15) is 0 Å². The van der Waals surface area contributed by atoms with Crippen LogP contribution in [0.2, 0.25) is 0 Å². The first-order valence-electron chi connectivity index (χ1n) is 10.8. The predicted octanol–water partition coefficient (Wildman–Crippen LogP) is 5.07. The number of nitrogens with one attached hydrogen (secondary N) is 2. The van der Waals surface area contributed by atoms with E-state index in [0.717, 1.165) is 27.6 Å². The molecule has 0 unspecified atom stereocenters. The number of hydrogen-bond donors (Lipinski definition) is 2. The highest BCUT2D eigenvalue weighted by molar-refractivity contribution is 5.84.